The molecular formula is C17H20F3N5O6. The van der Waals surface area contributed by atoms with Crippen LogP contribution in [0.1, 0.15) is 24.0 Å². The third-order valence-electron chi connectivity index (χ3n) is 3.75. The van der Waals surface area contributed by atoms with Gasteiger partial charge in [-0.2, -0.15) is 13.2 Å². The Balaban J connectivity index is 0.000000592. The largest absolute Gasteiger partial charge is 0.490 e. The molecule has 0 bridgehead atoms. The van der Waals surface area contributed by atoms with Gasteiger partial charge in [0.1, 0.15) is 18.0 Å². The van der Waals surface area contributed by atoms with Crippen molar-refractivity contribution in [3.8, 4) is 0 Å². The van der Waals surface area contributed by atoms with Crippen LogP contribution in [0.25, 0.3) is 0 Å². The molecular weight excluding hydrogens is 427 g/mol. The molecule has 0 aliphatic carbocycles. The highest BCUT2D eigenvalue weighted by atomic mass is 19.4. The number of hydrogen-bond acceptors (Lipinski definition) is 7. The summed E-state index contributed by atoms with van der Waals surface area (Å²) >= 11 is 0. The summed E-state index contributed by atoms with van der Waals surface area (Å²) in [7, 11) is 0. The topological polar surface area (TPSA) is 201 Å². The highest BCUT2D eigenvalue weighted by Crippen LogP contribution is 2.19. The van der Waals surface area contributed by atoms with Gasteiger partial charge in [0.2, 0.25) is 5.91 Å². The summed E-state index contributed by atoms with van der Waals surface area (Å²) in [5, 5.41) is 29.6. The first-order chi connectivity index (χ1) is 14.3. The molecule has 31 heavy (non-hydrogen) atoms. The number of amides is 1. The van der Waals surface area contributed by atoms with E-state index in [4.69, 9.17) is 36.7 Å². The van der Waals surface area contributed by atoms with E-state index in [1.165, 1.54) is 0 Å². The lowest BCUT2D eigenvalue weighted by molar-refractivity contribution is -0.192. The third-order valence-corrected chi connectivity index (χ3v) is 3.75. The van der Waals surface area contributed by atoms with Gasteiger partial charge in [0.15, 0.2) is 0 Å². The van der Waals surface area contributed by atoms with Crippen LogP contribution in [0.2, 0.25) is 0 Å². The average molecular weight is 447 g/mol. The molecule has 0 radical (unpaired) electrons. The number of hydrogen-bond donors (Lipinski definition) is 6. The fourth-order valence-corrected chi connectivity index (χ4v) is 2.14. The molecule has 0 saturated carbocycles. The van der Waals surface area contributed by atoms with Gasteiger partial charge in [-0.05, 0) is 5.56 Å². The molecule has 170 valence electrons. The Hall–Kier alpha value is -3.68. The Morgan fingerprint density at radius 2 is 1.81 bits per heavy atom. The van der Waals surface area contributed by atoms with Crippen molar-refractivity contribution >= 4 is 29.4 Å². The SMILES string of the molecule is N=C(N)c1ccc(C2=NOC(CC(=O)NC[C@H](N)C(=O)O)C2)cc1.O=C(O)C(F)(F)F. The number of amidine groups is 1. The lowest BCUT2D eigenvalue weighted by atomic mass is 10.0. The van der Waals surface area contributed by atoms with Gasteiger partial charge in [-0.1, -0.05) is 29.4 Å². The number of nitrogens with one attached hydrogen (secondary N) is 2. The van der Waals surface area contributed by atoms with Crippen molar-refractivity contribution in [1.29, 1.82) is 5.41 Å². The zero-order valence-electron chi connectivity index (χ0n) is 15.8. The maximum absolute atomic E-state index is 11.8. The number of aliphatic carboxylic acids is 2. The van der Waals surface area contributed by atoms with Gasteiger partial charge in [0.05, 0.1) is 12.1 Å². The van der Waals surface area contributed by atoms with E-state index < -0.39 is 30.3 Å². The maximum atomic E-state index is 11.8. The number of carboxylic acids is 2. The highest BCUT2D eigenvalue weighted by Gasteiger charge is 2.38. The Labute approximate surface area is 173 Å². The van der Waals surface area contributed by atoms with Gasteiger partial charge in [0, 0.05) is 18.5 Å². The number of benzene rings is 1. The molecule has 8 N–H and O–H groups in total. The molecule has 2 atom stereocenters. The monoisotopic (exact) mass is 447 g/mol. The van der Waals surface area contributed by atoms with E-state index in [-0.39, 0.29) is 24.7 Å². The van der Waals surface area contributed by atoms with Gasteiger partial charge in [-0.25, -0.2) is 4.79 Å². The normalized spacial score (nSPS) is 16.1. The second-order valence-electron chi connectivity index (χ2n) is 6.22. The summed E-state index contributed by atoms with van der Waals surface area (Å²) < 4.78 is 31.7. The predicted octanol–water partition coefficient (Wildman–Crippen LogP) is 0.0152. The Kier molecular flexibility index (Phi) is 8.93. The molecule has 1 aliphatic heterocycles. The number of nitrogens with two attached hydrogens (primary N) is 2. The van der Waals surface area contributed by atoms with Crippen molar-refractivity contribution < 1.29 is 42.6 Å². The second-order valence-corrected chi connectivity index (χ2v) is 6.22. The average Bonchev–Trinajstić information content (AvgIpc) is 3.14. The summed E-state index contributed by atoms with van der Waals surface area (Å²) in [6, 6.07) is 5.87. The van der Waals surface area contributed by atoms with Crippen LogP contribution in [0.3, 0.4) is 0 Å². The zero-order chi connectivity index (χ0) is 23.8. The van der Waals surface area contributed by atoms with Crippen molar-refractivity contribution in [2.24, 2.45) is 16.6 Å². The second kappa shape index (κ2) is 10.9. The number of nitrogens with zero attached hydrogens (tertiary/aromatic N) is 1. The quantitative estimate of drug-likeness (QED) is 0.248. The van der Waals surface area contributed by atoms with Crippen molar-refractivity contribution in [3.63, 3.8) is 0 Å². The van der Waals surface area contributed by atoms with Crippen LogP contribution in [0.15, 0.2) is 29.4 Å². The van der Waals surface area contributed by atoms with Gasteiger partial charge < -0.3 is 31.8 Å². The number of oxime groups is 1. The number of halogens is 3. The number of alkyl halides is 3. The molecule has 1 heterocycles. The van der Waals surface area contributed by atoms with Crippen LogP contribution in [-0.2, 0) is 19.2 Å². The summed E-state index contributed by atoms with van der Waals surface area (Å²) in [6.07, 6.45) is -4.98. The molecule has 1 aromatic carbocycles. The Morgan fingerprint density at radius 1 is 1.26 bits per heavy atom. The minimum atomic E-state index is -5.08. The number of rotatable bonds is 7. The van der Waals surface area contributed by atoms with Gasteiger partial charge in [-0.3, -0.25) is 15.0 Å². The first kappa shape index (κ1) is 25.4. The zero-order valence-corrected chi connectivity index (χ0v) is 15.8. The lowest BCUT2D eigenvalue weighted by Crippen LogP contribution is -2.43. The van der Waals surface area contributed by atoms with Gasteiger partial charge >= 0.3 is 18.1 Å². The molecule has 1 unspecified atom stereocenters. The molecule has 0 saturated heterocycles. The Morgan fingerprint density at radius 3 is 2.26 bits per heavy atom. The van der Waals surface area contributed by atoms with Crippen LogP contribution in [0.5, 0.6) is 0 Å². The van der Waals surface area contributed by atoms with E-state index in [2.05, 4.69) is 10.5 Å². The molecule has 1 amide bonds. The van der Waals surface area contributed by atoms with Gasteiger partial charge in [-0.15, -0.1) is 0 Å². The molecule has 2 rings (SSSR count). The first-order valence-electron chi connectivity index (χ1n) is 8.54. The summed E-state index contributed by atoms with van der Waals surface area (Å²) in [5.41, 5.74) is 12.9. The van der Waals surface area contributed by atoms with Crippen molar-refractivity contribution in [2.45, 2.75) is 31.2 Å². The van der Waals surface area contributed by atoms with E-state index in [9.17, 15) is 22.8 Å². The van der Waals surface area contributed by atoms with E-state index in [0.717, 1.165) is 5.56 Å². The molecule has 0 spiro atoms. The van der Waals surface area contributed by atoms with E-state index in [0.29, 0.717) is 17.7 Å². The number of carbonyl (C=O) groups excluding carboxylic acids is 1. The van der Waals surface area contributed by atoms with Crippen molar-refractivity contribution in [3.05, 3.63) is 35.4 Å². The first-order valence-corrected chi connectivity index (χ1v) is 8.54. The van der Waals surface area contributed by atoms with Crippen molar-refractivity contribution in [2.75, 3.05) is 6.54 Å². The number of carboxylic acid groups (broad SMARTS) is 2. The number of carbonyl (C=O) groups is 3. The summed E-state index contributed by atoms with van der Waals surface area (Å²) in [6.45, 7) is -0.138. The third kappa shape index (κ3) is 8.69. The molecule has 1 aromatic rings. The summed E-state index contributed by atoms with van der Waals surface area (Å²) in [5.74, 6) is -4.29. The summed E-state index contributed by atoms with van der Waals surface area (Å²) in [4.78, 5) is 36.5. The highest BCUT2D eigenvalue weighted by molar-refractivity contribution is 6.02. The van der Waals surface area contributed by atoms with E-state index in [1.54, 1.807) is 24.3 Å². The minimum absolute atomic E-state index is 0.0136. The van der Waals surface area contributed by atoms with Crippen LogP contribution in [-0.4, -0.2) is 64.5 Å². The molecule has 0 aromatic heterocycles. The van der Waals surface area contributed by atoms with E-state index in [1.807, 2.05) is 0 Å². The van der Waals surface area contributed by atoms with E-state index >= 15 is 0 Å². The fourth-order valence-electron chi connectivity index (χ4n) is 2.14. The fraction of sp³-hybridized carbons (Fsp3) is 0.353. The minimum Gasteiger partial charge on any atom is -0.480 e. The smallest absolute Gasteiger partial charge is 0.480 e. The van der Waals surface area contributed by atoms with Crippen LogP contribution >= 0.6 is 0 Å². The predicted molar refractivity (Wildman–Crippen MR) is 100 cm³/mol. The van der Waals surface area contributed by atoms with Gasteiger partial charge in [0.25, 0.3) is 0 Å². The maximum Gasteiger partial charge on any atom is 0.490 e. The Bertz CT molecular complexity index is 857. The van der Waals surface area contributed by atoms with Crippen molar-refractivity contribution in [1.82, 2.24) is 5.32 Å². The lowest BCUT2D eigenvalue weighted by Gasteiger charge is -2.11. The molecule has 0 fully saturated rings. The van der Waals surface area contributed by atoms with Crippen LogP contribution in [0.4, 0.5) is 13.2 Å². The van der Waals surface area contributed by atoms with Crippen LogP contribution < -0.4 is 16.8 Å². The molecule has 14 heteroatoms. The van der Waals surface area contributed by atoms with Crippen LogP contribution in [0, 0.1) is 5.41 Å². The molecule has 1 aliphatic rings. The number of nitrogen functional groups attached to an aromatic ring is 1. The molecule has 11 nitrogen and oxygen atoms in total. The standard InChI is InChI=1S/C15H19N5O4.C2HF3O2/c16-11(15(22)23)7-19-13(21)6-10-5-12(20-24-10)8-1-3-9(4-2-8)14(17)18;3-2(4,5)1(6)7/h1-4,10-11H,5-7,16H2,(H3,17,18)(H,19,21)(H,22,23);(H,6,7)/t10?,11-;/m0./s1.